The van der Waals surface area contributed by atoms with Gasteiger partial charge in [-0.25, -0.2) is 4.39 Å². The summed E-state index contributed by atoms with van der Waals surface area (Å²) >= 11 is 0. The van der Waals surface area contributed by atoms with Crippen LogP contribution >= 0.6 is 0 Å². The van der Waals surface area contributed by atoms with Gasteiger partial charge in [0.1, 0.15) is 5.82 Å². The summed E-state index contributed by atoms with van der Waals surface area (Å²) in [5, 5.41) is 18.7. The van der Waals surface area contributed by atoms with Crippen LogP contribution in [0.25, 0.3) is 0 Å². The van der Waals surface area contributed by atoms with Crippen molar-refractivity contribution in [1.29, 1.82) is 0 Å². The molecule has 0 heterocycles. The zero-order chi connectivity index (χ0) is 13.8. The van der Waals surface area contributed by atoms with E-state index in [1.807, 2.05) is 0 Å². The first kappa shape index (κ1) is 14.6. The molecule has 1 aromatic carbocycles. The number of carboxylic acids is 1. The van der Waals surface area contributed by atoms with Gasteiger partial charge in [0.2, 0.25) is 0 Å². The molecule has 0 saturated carbocycles. The monoisotopic (exact) mass is 254 g/mol. The minimum absolute atomic E-state index is 0.331. The fourth-order valence-electron chi connectivity index (χ4n) is 1.75. The smallest absolute Gasteiger partial charge is 0.306 e. The van der Waals surface area contributed by atoms with Crippen LogP contribution in [-0.4, -0.2) is 21.8 Å². The lowest BCUT2D eigenvalue weighted by Crippen LogP contribution is -2.24. The molecule has 100 valence electrons. The van der Waals surface area contributed by atoms with Gasteiger partial charge in [-0.1, -0.05) is 12.1 Å². The predicted octanol–water partition coefficient (Wildman–Crippen LogP) is 2.62. The maximum Gasteiger partial charge on any atom is 0.306 e. The first-order chi connectivity index (χ1) is 8.28. The number of hydrogen-bond donors (Lipinski definition) is 2. The molecule has 0 spiro atoms. The van der Waals surface area contributed by atoms with Crippen molar-refractivity contribution in [2.45, 2.75) is 38.7 Å². The Labute approximate surface area is 106 Å². The summed E-state index contributed by atoms with van der Waals surface area (Å²) in [6.45, 7) is 3.31. The van der Waals surface area contributed by atoms with Crippen molar-refractivity contribution in [3.63, 3.8) is 0 Å². The van der Waals surface area contributed by atoms with Crippen LogP contribution in [0.1, 0.15) is 32.3 Å². The maximum absolute atomic E-state index is 12.7. The average Bonchev–Trinajstić information content (AvgIpc) is 2.25. The van der Waals surface area contributed by atoms with Crippen LogP contribution in [-0.2, 0) is 11.2 Å². The number of aliphatic hydroxyl groups is 1. The van der Waals surface area contributed by atoms with E-state index in [1.165, 1.54) is 12.1 Å². The molecule has 4 heteroatoms. The Bertz CT molecular complexity index is 392. The number of benzene rings is 1. The second kappa shape index (κ2) is 5.96. The quantitative estimate of drug-likeness (QED) is 0.820. The van der Waals surface area contributed by atoms with E-state index in [0.29, 0.717) is 19.3 Å². The zero-order valence-electron chi connectivity index (χ0n) is 10.7. The van der Waals surface area contributed by atoms with Gasteiger partial charge in [-0.3, -0.25) is 4.79 Å². The number of carbonyl (C=O) groups is 1. The number of aliphatic carboxylic acids is 1. The lowest BCUT2D eigenvalue weighted by Gasteiger charge is -2.20. The van der Waals surface area contributed by atoms with E-state index in [9.17, 15) is 14.3 Å². The van der Waals surface area contributed by atoms with Gasteiger partial charge in [0, 0.05) is 0 Å². The summed E-state index contributed by atoms with van der Waals surface area (Å²) in [5.41, 5.74) is -0.0733. The molecule has 0 aliphatic heterocycles. The van der Waals surface area contributed by atoms with Crippen molar-refractivity contribution in [2.24, 2.45) is 5.92 Å². The largest absolute Gasteiger partial charge is 0.481 e. The fourth-order valence-corrected chi connectivity index (χ4v) is 1.75. The standard InChI is InChI=1S/C14H19FO3/c1-14(2,18)8-7-11(13(16)17)9-10-3-5-12(15)6-4-10/h3-6,11,18H,7-9H2,1-2H3,(H,16,17). The minimum Gasteiger partial charge on any atom is -0.481 e. The molecule has 3 nitrogen and oxygen atoms in total. The predicted molar refractivity (Wildman–Crippen MR) is 66.8 cm³/mol. The highest BCUT2D eigenvalue weighted by atomic mass is 19.1. The Balaban J connectivity index is 2.63. The van der Waals surface area contributed by atoms with Gasteiger partial charge in [-0.2, -0.15) is 0 Å². The first-order valence-corrected chi connectivity index (χ1v) is 5.97. The number of halogens is 1. The third-order valence-corrected chi connectivity index (χ3v) is 2.85. The molecule has 0 aromatic heterocycles. The summed E-state index contributed by atoms with van der Waals surface area (Å²) < 4.78 is 12.7. The van der Waals surface area contributed by atoms with Crippen LogP contribution in [0.15, 0.2) is 24.3 Å². The Morgan fingerprint density at radius 2 is 1.89 bits per heavy atom. The molecule has 0 aliphatic rings. The summed E-state index contributed by atoms with van der Waals surface area (Å²) in [5.74, 6) is -1.77. The van der Waals surface area contributed by atoms with Gasteiger partial charge < -0.3 is 10.2 Å². The molecule has 1 atom stereocenters. The molecule has 1 aromatic rings. The molecule has 0 radical (unpaired) electrons. The molecule has 0 bridgehead atoms. The van der Waals surface area contributed by atoms with E-state index in [1.54, 1.807) is 26.0 Å². The highest BCUT2D eigenvalue weighted by Gasteiger charge is 2.22. The van der Waals surface area contributed by atoms with Crippen molar-refractivity contribution in [3.8, 4) is 0 Å². The van der Waals surface area contributed by atoms with Crippen LogP contribution in [0.5, 0.6) is 0 Å². The highest BCUT2D eigenvalue weighted by molar-refractivity contribution is 5.70. The molecule has 1 unspecified atom stereocenters. The lowest BCUT2D eigenvalue weighted by molar-refractivity contribution is -0.142. The summed E-state index contributed by atoms with van der Waals surface area (Å²) in [7, 11) is 0. The van der Waals surface area contributed by atoms with Gasteiger partial charge in [-0.15, -0.1) is 0 Å². The summed E-state index contributed by atoms with van der Waals surface area (Å²) in [6.07, 6.45) is 1.17. The van der Waals surface area contributed by atoms with Crippen molar-refractivity contribution in [1.82, 2.24) is 0 Å². The van der Waals surface area contributed by atoms with Crippen LogP contribution in [0.2, 0.25) is 0 Å². The van der Waals surface area contributed by atoms with E-state index in [-0.39, 0.29) is 5.82 Å². The number of carboxylic acid groups (broad SMARTS) is 1. The average molecular weight is 254 g/mol. The van der Waals surface area contributed by atoms with Gasteiger partial charge in [0.05, 0.1) is 11.5 Å². The molecule has 1 rings (SSSR count). The molecule has 0 aliphatic carbocycles. The molecule has 0 amide bonds. The third-order valence-electron chi connectivity index (χ3n) is 2.85. The SMILES string of the molecule is CC(C)(O)CCC(Cc1ccc(F)cc1)C(=O)O. The van der Waals surface area contributed by atoms with E-state index < -0.39 is 17.5 Å². The fraction of sp³-hybridized carbons (Fsp3) is 0.500. The molecular weight excluding hydrogens is 235 g/mol. The van der Waals surface area contributed by atoms with E-state index in [2.05, 4.69) is 0 Å². The summed E-state index contributed by atoms with van der Waals surface area (Å²) in [4.78, 5) is 11.1. The van der Waals surface area contributed by atoms with Gasteiger partial charge >= 0.3 is 5.97 Å². The Kier molecular flexibility index (Phi) is 4.84. The molecule has 2 N–H and O–H groups in total. The molecule has 0 fully saturated rings. The normalized spacial score (nSPS) is 13.3. The Morgan fingerprint density at radius 1 is 1.33 bits per heavy atom. The van der Waals surface area contributed by atoms with Gasteiger partial charge in [0.15, 0.2) is 0 Å². The molecule has 0 saturated heterocycles. The zero-order valence-corrected chi connectivity index (χ0v) is 10.7. The van der Waals surface area contributed by atoms with Gasteiger partial charge in [0.25, 0.3) is 0 Å². The molecular formula is C14H19FO3. The van der Waals surface area contributed by atoms with Crippen molar-refractivity contribution in [3.05, 3.63) is 35.6 Å². The maximum atomic E-state index is 12.7. The first-order valence-electron chi connectivity index (χ1n) is 5.97. The summed E-state index contributed by atoms with van der Waals surface area (Å²) in [6, 6.07) is 5.83. The number of hydrogen-bond acceptors (Lipinski definition) is 2. The third kappa shape index (κ3) is 5.27. The second-order valence-electron chi connectivity index (χ2n) is 5.22. The van der Waals surface area contributed by atoms with E-state index >= 15 is 0 Å². The van der Waals surface area contributed by atoms with Crippen molar-refractivity contribution < 1.29 is 19.4 Å². The Morgan fingerprint density at radius 3 is 2.33 bits per heavy atom. The van der Waals surface area contributed by atoms with Crippen LogP contribution in [0, 0.1) is 11.7 Å². The minimum atomic E-state index is -0.886. The highest BCUT2D eigenvalue weighted by Crippen LogP contribution is 2.20. The van der Waals surface area contributed by atoms with Crippen molar-refractivity contribution in [2.75, 3.05) is 0 Å². The lowest BCUT2D eigenvalue weighted by atomic mass is 9.90. The molecule has 18 heavy (non-hydrogen) atoms. The topological polar surface area (TPSA) is 57.5 Å². The van der Waals surface area contributed by atoms with Crippen LogP contribution in [0.3, 0.4) is 0 Å². The van der Waals surface area contributed by atoms with E-state index in [4.69, 9.17) is 5.11 Å². The van der Waals surface area contributed by atoms with Crippen LogP contribution in [0.4, 0.5) is 4.39 Å². The van der Waals surface area contributed by atoms with Crippen molar-refractivity contribution >= 4 is 5.97 Å². The number of rotatable bonds is 6. The van der Waals surface area contributed by atoms with Crippen LogP contribution < -0.4 is 0 Å². The Hall–Kier alpha value is -1.42. The van der Waals surface area contributed by atoms with Gasteiger partial charge in [-0.05, 0) is 50.8 Å². The second-order valence-corrected chi connectivity index (χ2v) is 5.22. The van der Waals surface area contributed by atoms with E-state index in [0.717, 1.165) is 5.56 Å².